The van der Waals surface area contributed by atoms with Crippen LogP contribution in [0, 0.1) is 5.92 Å². The zero-order chi connectivity index (χ0) is 13.8. The summed E-state index contributed by atoms with van der Waals surface area (Å²) in [6, 6.07) is 0.270. The van der Waals surface area contributed by atoms with Gasteiger partial charge in [-0.3, -0.25) is 14.5 Å². The first kappa shape index (κ1) is 14.5. The second-order valence-corrected chi connectivity index (χ2v) is 5.98. The molecule has 1 aliphatic heterocycles. The first-order valence-corrected chi connectivity index (χ1v) is 7.69. The predicted octanol–water partition coefficient (Wildman–Crippen LogP) is 1.73. The summed E-state index contributed by atoms with van der Waals surface area (Å²) in [7, 11) is 0. The van der Waals surface area contributed by atoms with E-state index < -0.39 is 0 Å². The van der Waals surface area contributed by atoms with Gasteiger partial charge in [0, 0.05) is 31.5 Å². The summed E-state index contributed by atoms with van der Waals surface area (Å²) in [6.45, 7) is 5.49. The first-order valence-electron chi connectivity index (χ1n) is 7.69. The molecule has 0 spiro atoms. The van der Waals surface area contributed by atoms with Gasteiger partial charge in [0.15, 0.2) is 0 Å². The van der Waals surface area contributed by atoms with Crippen LogP contribution < -0.4 is 5.32 Å². The van der Waals surface area contributed by atoms with Gasteiger partial charge in [0.1, 0.15) is 5.78 Å². The molecule has 1 saturated heterocycles. The van der Waals surface area contributed by atoms with Crippen LogP contribution in [0.4, 0.5) is 0 Å². The van der Waals surface area contributed by atoms with Gasteiger partial charge in [-0.2, -0.15) is 0 Å². The molecule has 2 rings (SSSR count). The van der Waals surface area contributed by atoms with E-state index in [2.05, 4.69) is 17.1 Å². The number of carbonyl (C=O) groups is 2. The summed E-state index contributed by atoms with van der Waals surface area (Å²) >= 11 is 0. The molecular weight excluding hydrogens is 240 g/mol. The van der Waals surface area contributed by atoms with Crippen molar-refractivity contribution in [3.8, 4) is 0 Å². The van der Waals surface area contributed by atoms with Crippen molar-refractivity contribution in [2.24, 2.45) is 5.92 Å². The molecule has 2 aliphatic rings. The van der Waals surface area contributed by atoms with E-state index in [-0.39, 0.29) is 17.9 Å². The van der Waals surface area contributed by atoms with E-state index in [0.29, 0.717) is 18.2 Å². The Morgan fingerprint density at radius 2 is 2.11 bits per heavy atom. The minimum atomic E-state index is -0.109. The van der Waals surface area contributed by atoms with E-state index in [4.69, 9.17) is 0 Å². The van der Waals surface area contributed by atoms with Crippen LogP contribution in [0.25, 0.3) is 0 Å². The summed E-state index contributed by atoms with van der Waals surface area (Å²) in [4.78, 5) is 26.1. The Morgan fingerprint density at radius 1 is 1.42 bits per heavy atom. The number of nitrogens with one attached hydrogen (secondary N) is 1. The number of rotatable bonds is 4. The fraction of sp³-hybridized carbons (Fsp3) is 0.867. The van der Waals surface area contributed by atoms with E-state index in [1.807, 2.05) is 6.92 Å². The van der Waals surface area contributed by atoms with Crippen molar-refractivity contribution in [1.29, 1.82) is 0 Å². The second-order valence-electron chi connectivity index (χ2n) is 5.98. The van der Waals surface area contributed by atoms with E-state index in [9.17, 15) is 9.59 Å². The molecule has 1 N–H and O–H groups in total. The summed E-state index contributed by atoms with van der Waals surface area (Å²) in [5, 5.41) is 3.15. The molecule has 2 atom stereocenters. The first-order chi connectivity index (χ1) is 9.11. The van der Waals surface area contributed by atoms with Crippen LogP contribution in [0.2, 0.25) is 0 Å². The highest BCUT2D eigenvalue weighted by atomic mass is 16.2. The standard InChI is InChI=1S/C15H26N2O2/c1-3-12-10-17(9-8-14(12)18)11(2)15(19)16-13-6-4-5-7-13/h11-13H,3-10H2,1-2H3,(H,16,19). The monoisotopic (exact) mass is 266 g/mol. The molecule has 2 fully saturated rings. The predicted molar refractivity (Wildman–Crippen MR) is 74.8 cm³/mol. The number of amides is 1. The van der Waals surface area contributed by atoms with E-state index in [1.54, 1.807) is 0 Å². The molecule has 0 radical (unpaired) electrons. The van der Waals surface area contributed by atoms with Gasteiger partial charge < -0.3 is 5.32 Å². The minimum Gasteiger partial charge on any atom is -0.352 e. The van der Waals surface area contributed by atoms with Crippen molar-refractivity contribution in [3.05, 3.63) is 0 Å². The largest absolute Gasteiger partial charge is 0.352 e. The molecule has 1 amide bonds. The maximum absolute atomic E-state index is 12.2. The molecule has 0 bridgehead atoms. The lowest BCUT2D eigenvalue weighted by Crippen LogP contribution is -2.52. The molecule has 19 heavy (non-hydrogen) atoms. The molecule has 108 valence electrons. The maximum atomic E-state index is 12.2. The van der Waals surface area contributed by atoms with Gasteiger partial charge >= 0.3 is 0 Å². The Morgan fingerprint density at radius 3 is 2.74 bits per heavy atom. The van der Waals surface area contributed by atoms with Crippen LogP contribution in [0.5, 0.6) is 0 Å². The van der Waals surface area contributed by atoms with Crippen LogP contribution in [-0.4, -0.2) is 41.8 Å². The Kier molecular flexibility index (Phi) is 4.97. The number of hydrogen-bond acceptors (Lipinski definition) is 3. The number of likely N-dealkylation sites (tertiary alicyclic amines) is 1. The zero-order valence-electron chi connectivity index (χ0n) is 12.2. The average Bonchev–Trinajstić information content (AvgIpc) is 2.91. The Labute approximate surface area is 115 Å². The molecule has 1 heterocycles. The molecule has 2 unspecified atom stereocenters. The van der Waals surface area contributed by atoms with Crippen molar-refractivity contribution in [1.82, 2.24) is 10.2 Å². The normalized spacial score (nSPS) is 27.5. The third-order valence-corrected chi connectivity index (χ3v) is 4.68. The molecule has 1 saturated carbocycles. The highest BCUT2D eigenvalue weighted by Crippen LogP contribution is 2.20. The lowest BCUT2D eigenvalue weighted by atomic mass is 9.93. The average molecular weight is 266 g/mol. The third kappa shape index (κ3) is 3.56. The van der Waals surface area contributed by atoms with Crippen LogP contribution in [0.3, 0.4) is 0 Å². The minimum absolute atomic E-state index is 0.109. The highest BCUT2D eigenvalue weighted by Gasteiger charge is 2.31. The van der Waals surface area contributed by atoms with Gasteiger partial charge in [-0.05, 0) is 26.2 Å². The molecular formula is C15H26N2O2. The summed E-state index contributed by atoms with van der Waals surface area (Å²) < 4.78 is 0. The number of piperidine rings is 1. The van der Waals surface area contributed by atoms with Gasteiger partial charge in [-0.1, -0.05) is 19.8 Å². The SMILES string of the molecule is CCC1CN(C(C)C(=O)NC2CCCC2)CCC1=O. The zero-order valence-corrected chi connectivity index (χ0v) is 12.2. The number of carbonyl (C=O) groups excluding carboxylic acids is 2. The number of hydrogen-bond donors (Lipinski definition) is 1. The molecule has 4 heteroatoms. The summed E-state index contributed by atoms with van der Waals surface area (Å²) in [5.41, 5.74) is 0. The van der Waals surface area contributed by atoms with Gasteiger partial charge in [0.05, 0.1) is 6.04 Å². The van der Waals surface area contributed by atoms with E-state index in [1.165, 1.54) is 12.8 Å². The van der Waals surface area contributed by atoms with Crippen LogP contribution in [-0.2, 0) is 9.59 Å². The van der Waals surface area contributed by atoms with E-state index in [0.717, 1.165) is 32.4 Å². The van der Waals surface area contributed by atoms with Gasteiger partial charge in [0.2, 0.25) is 5.91 Å². The number of Topliss-reactive ketones (excluding diaryl/α,β-unsaturated/α-hetero) is 1. The van der Waals surface area contributed by atoms with Crippen LogP contribution >= 0.6 is 0 Å². The van der Waals surface area contributed by atoms with Gasteiger partial charge in [-0.15, -0.1) is 0 Å². The number of nitrogens with zero attached hydrogens (tertiary/aromatic N) is 1. The number of ketones is 1. The molecule has 0 aromatic carbocycles. The van der Waals surface area contributed by atoms with Crippen molar-refractivity contribution in [2.75, 3.05) is 13.1 Å². The van der Waals surface area contributed by atoms with Crippen molar-refractivity contribution in [2.45, 2.75) is 64.5 Å². The smallest absolute Gasteiger partial charge is 0.237 e. The molecule has 4 nitrogen and oxygen atoms in total. The van der Waals surface area contributed by atoms with E-state index >= 15 is 0 Å². The Hall–Kier alpha value is -0.900. The van der Waals surface area contributed by atoms with Crippen molar-refractivity contribution in [3.63, 3.8) is 0 Å². The third-order valence-electron chi connectivity index (χ3n) is 4.68. The fourth-order valence-electron chi connectivity index (χ4n) is 3.20. The quantitative estimate of drug-likeness (QED) is 0.843. The Bertz CT molecular complexity index is 337. The van der Waals surface area contributed by atoms with Crippen molar-refractivity contribution >= 4 is 11.7 Å². The van der Waals surface area contributed by atoms with Crippen molar-refractivity contribution < 1.29 is 9.59 Å². The molecule has 0 aromatic heterocycles. The lowest BCUT2D eigenvalue weighted by Gasteiger charge is -2.35. The lowest BCUT2D eigenvalue weighted by molar-refractivity contribution is -0.132. The fourth-order valence-corrected chi connectivity index (χ4v) is 3.20. The Balaban J connectivity index is 1.85. The highest BCUT2D eigenvalue weighted by molar-refractivity contribution is 5.84. The topological polar surface area (TPSA) is 49.4 Å². The van der Waals surface area contributed by atoms with Crippen LogP contribution in [0.1, 0.15) is 52.4 Å². The van der Waals surface area contributed by atoms with Gasteiger partial charge in [0.25, 0.3) is 0 Å². The summed E-state index contributed by atoms with van der Waals surface area (Å²) in [6.07, 6.45) is 6.18. The maximum Gasteiger partial charge on any atom is 0.237 e. The van der Waals surface area contributed by atoms with Crippen LogP contribution in [0.15, 0.2) is 0 Å². The second kappa shape index (κ2) is 6.51. The summed E-state index contributed by atoms with van der Waals surface area (Å²) in [5.74, 6) is 0.619. The molecule has 1 aliphatic carbocycles. The van der Waals surface area contributed by atoms with Gasteiger partial charge in [-0.25, -0.2) is 0 Å². The molecule has 0 aromatic rings.